The standard InChI is InChI=1S/C23H19FN6S/c24-17-9-4-8-16(12-17)13-26-23-27-20(18-10-5-11-31-18)19-21(25)30(29-22(19)28-23)14-15-6-2-1-3-7-15/h1-12H,13-14,25H2,(H,26,28,29). The lowest BCUT2D eigenvalue weighted by atomic mass is 10.2. The van der Waals surface area contributed by atoms with Crippen LogP contribution in [-0.2, 0) is 13.1 Å². The molecular weight excluding hydrogens is 411 g/mol. The second-order valence-corrected chi connectivity index (χ2v) is 8.03. The van der Waals surface area contributed by atoms with Gasteiger partial charge in [0.15, 0.2) is 5.65 Å². The third kappa shape index (κ3) is 3.97. The number of anilines is 2. The van der Waals surface area contributed by atoms with E-state index in [2.05, 4.69) is 15.4 Å². The largest absolute Gasteiger partial charge is 0.383 e. The zero-order chi connectivity index (χ0) is 21.2. The van der Waals surface area contributed by atoms with Crippen molar-refractivity contribution in [1.29, 1.82) is 0 Å². The summed E-state index contributed by atoms with van der Waals surface area (Å²) in [5.41, 5.74) is 9.64. The van der Waals surface area contributed by atoms with E-state index < -0.39 is 0 Å². The maximum Gasteiger partial charge on any atom is 0.225 e. The fraction of sp³-hybridized carbons (Fsp3) is 0.0870. The molecule has 0 saturated carbocycles. The predicted octanol–water partition coefficient (Wildman–Crippen LogP) is 4.94. The second-order valence-electron chi connectivity index (χ2n) is 7.08. The van der Waals surface area contributed by atoms with Crippen molar-refractivity contribution in [3.05, 3.63) is 89.1 Å². The van der Waals surface area contributed by atoms with Crippen LogP contribution in [0.3, 0.4) is 0 Å². The van der Waals surface area contributed by atoms with Crippen LogP contribution in [0, 0.1) is 5.82 Å². The minimum absolute atomic E-state index is 0.276. The molecule has 0 aliphatic carbocycles. The lowest BCUT2D eigenvalue weighted by Crippen LogP contribution is -2.05. The van der Waals surface area contributed by atoms with Crippen molar-refractivity contribution in [3.8, 4) is 10.6 Å². The lowest BCUT2D eigenvalue weighted by molar-refractivity contribution is 0.626. The number of halogens is 1. The summed E-state index contributed by atoms with van der Waals surface area (Å²) in [6.45, 7) is 0.937. The number of hydrogen-bond acceptors (Lipinski definition) is 6. The molecule has 0 spiro atoms. The van der Waals surface area contributed by atoms with E-state index in [0.29, 0.717) is 30.5 Å². The minimum Gasteiger partial charge on any atom is -0.383 e. The highest BCUT2D eigenvalue weighted by Crippen LogP contribution is 2.34. The molecule has 0 amide bonds. The fourth-order valence-corrected chi connectivity index (χ4v) is 4.15. The highest BCUT2D eigenvalue weighted by molar-refractivity contribution is 7.13. The summed E-state index contributed by atoms with van der Waals surface area (Å²) in [6.07, 6.45) is 0. The lowest BCUT2D eigenvalue weighted by Gasteiger charge is -2.08. The molecule has 5 aromatic rings. The van der Waals surface area contributed by atoms with Crippen molar-refractivity contribution in [2.75, 3.05) is 11.1 Å². The maximum atomic E-state index is 13.5. The molecule has 5 rings (SSSR count). The summed E-state index contributed by atoms with van der Waals surface area (Å²) >= 11 is 1.58. The van der Waals surface area contributed by atoms with Gasteiger partial charge >= 0.3 is 0 Å². The summed E-state index contributed by atoms with van der Waals surface area (Å²) in [5.74, 6) is 0.672. The van der Waals surface area contributed by atoms with Crippen molar-refractivity contribution in [3.63, 3.8) is 0 Å². The molecule has 0 bridgehead atoms. The monoisotopic (exact) mass is 430 g/mol. The SMILES string of the molecule is Nc1c2c(-c3cccs3)nc(NCc3cccc(F)c3)nc2nn1Cc1ccccc1. The number of nitrogens with zero attached hydrogens (tertiary/aromatic N) is 4. The van der Waals surface area contributed by atoms with Gasteiger partial charge in [0.05, 0.1) is 22.5 Å². The Kier molecular flexibility index (Phi) is 5.05. The Morgan fingerprint density at radius 3 is 2.58 bits per heavy atom. The van der Waals surface area contributed by atoms with Crippen LogP contribution in [0.15, 0.2) is 72.1 Å². The minimum atomic E-state index is -0.276. The topological polar surface area (TPSA) is 81.7 Å². The molecular formula is C23H19FN6S. The first-order valence-corrected chi connectivity index (χ1v) is 10.7. The molecule has 2 aromatic carbocycles. The Bertz CT molecular complexity index is 1330. The Labute approximate surface area is 182 Å². The smallest absolute Gasteiger partial charge is 0.225 e. The molecule has 0 unspecified atom stereocenters. The number of fused-ring (bicyclic) bond motifs is 1. The number of hydrogen-bond donors (Lipinski definition) is 2. The van der Waals surface area contributed by atoms with Gasteiger partial charge in [0, 0.05) is 6.54 Å². The third-order valence-electron chi connectivity index (χ3n) is 4.91. The molecule has 8 heteroatoms. The van der Waals surface area contributed by atoms with Crippen molar-refractivity contribution >= 4 is 34.1 Å². The number of thiophene rings is 1. The van der Waals surface area contributed by atoms with E-state index in [0.717, 1.165) is 27.1 Å². The van der Waals surface area contributed by atoms with E-state index in [1.807, 2.05) is 53.9 Å². The second kappa shape index (κ2) is 8.16. The molecule has 6 nitrogen and oxygen atoms in total. The molecule has 154 valence electrons. The van der Waals surface area contributed by atoms with Gasteiger partial charge in [-0.1, -0.05) is 48.5 Å². The van der Waals surface area contributed by atoms with Crippen molar-refractivity contribution in [1.82, 2.24) is 19.7 Å². The molecule has 0 saturated heterocycles. The van der Waals surface area contributed by atoms with Crippen LogP contribution in [0.4, 0.5) is 16.2 Å². The van der Waals surface area contributed by atoms with Crippen LogP contribution in [0.25, 0.3) is 21.6 Å². The summed E-state index contributed by atoms with van der Waals surface area (Å²) < 4.78 is 15.2. The number of nitrogen functional groups attached to an aromatic ring is 1. The molecule has 3 aromatic heterocycles. The Balaban J connectivity index is 1.55. The molecule has 0 radical (unpaired) electrons. The summed E-state index contributed by atoms with van der Waals surface area (Å²) in [7, 11) is 0. The average Bonchev–Trinajstić information content (AvgIpc) is 3.42. The highest BCUT2D eigenvalue weighted by Gasteiger charge is 2.19. The van der Waals surface area contributed by atoms with E-state index >= 15 is 0 Å². The van der Waals surface area contributed by atoms with Gasteiger partial charge in [-0.2, -0.15) is 4.98 Å². The Morgan fingerprint density at radius 1 is 0.968 bits per heavy atom. The van der Waals surface area contributed by atoms with Crippen LogP contribution >= 0.6 is 11.3 Å². The maximum absolute atomic E-state index is 13.5. The van der Waals surface area contributed by atoms with Gasteiger partial charge in [-0.15, -0.1) is 16.4 Å². The summed E-state index contributed by atoms with van der Waals surface area (Å²) in [6, 6.07) is 20.4. The van der Waals surface area contributed by atoms with Gasteiger partial charge in [0.1, 0.15) is 11.6 Å². The van der Waals surface area contributed by atoms with Crippen LogP contribution in [-0.4, -0.2) is 19.7 Å². The van der Waals surface area contributed by atoms with Crippen molar-refractivity contribution in [2.24, 2.45) is 0 Å². The number of benzene rings is 2. The van der Waals surface area contributed by atoms with E-state index in [4.69, 9.17) is 10.7 Å². The van der Waals surface area contributed by atoms with E-state index in [1.165, 1.54) is 12.1 Å². The van der Waals surface area contributed by atoms with E-state index in [9.17, 15) is 4.39 Å². The molecule has 3 N–H and O–H groups in total. The number of nitrogens with two attached hydrogens (primary N) is 1. The summed E-state index contributed by atoms with van der Waals surface area (Å²) in [5, 5.41) is 10.6. The summed E-state index contributed by atoms with van der Waals surface area (Å²) in [4.78, 5) is 10.3. The first-order chi connectivity index (χ1) is 15.2. The third-order valence-corrected chi connectivity index (χ3v) is 5.79. The normalized spacial score (nSPS) is 11.1. The van der Waals surface area contributed by atoms with Gasteiger partial charge < -0.3 is 11.1 Å². The molecule has 0 atom stereocenters. The first kappa shape index (κ1) is 19.2. The number of aromatic nitrogens is 4. The molecule has 0 aliphatic rings. The van der Waals surface area contributed by atoms with Crippen LogP contribution < -0.4 is 11.1 Å². The quantitative estimate of drug-likeness (QED) is 0.399. The van der Waals surface area contributed by atoms with Crippen molar-refractivity contribution < 1.29 is 4.39 Å². The molecule has 3 heterocycles. The Morgan fingerprint density at radius 2 is 1.81 bits per heavy atom. The van der Waals surface area contributed by atoms with E-state index in [1.54, 1.807) is 22.1 Å². The molecule has 31 heavy (non-hydrogen) atoms. The number of rotatable bonds is 6. The van der Waals surface area contributed by atoms with Gasteiger partial charge in [-0.25, -0.2) is 14.1 Å². The van der Waals surface area contributed by atoms with Crippen LogP contribution in [0.1, 0.15) is 11.1 Å². The number of nitrogens with one attached hydrogen (secondary N) is 1. The van der Waals surface area contributed by atoms with Gasteiger partial charge in [0.2, 0.25) is 5.95 Å². The van der Waals surface area contributed by atoms with Crippen LogP contribution in [0.5, 0.6) is 0 Å². The predicted molar refractivity (Wildman–Crippen MR) is 122 cm³/mol. The molecule has 0 aliphatic heterocycles. The van der Waals surface area contributed by atoms with E-state index in [-0.39, 0.29) is 5.82 Å². The zero-order valence-electron chi connectivity index (χ0n) is 16.5. The highest BCUT2D eigenvalue weighted by atomic mass is 32.1. The van der Waals surface area contributed by atoms with Crippen LogP contribution in [0.2, 0.25) is 0 Å². The fourth-order valence-electron chi connectivity index (χ4n) is 3.43. The van der Waals surface area contributed by atoms with Gasteiger partial charge in [0.25, 0.3) is 0 Å². The van der Waals surface area contributed by atoms with Gasteiger partial charge in [-0.05, 0) is 34.7 Å². The average molecular weight is 431 g/mol. The van der Waals surface area contributed by atoms with Gasteiger partial charge in [-0.3, -0.25) is 0 Å². The first-order valence-electron chi connectivity index (χ1n) is 9.77. The zero-order valence-corrected chi connectivity index (χ0v) is 17.3. The van der Waals surface area contributed by atoms with Crippen molar-refractivity contribution in [2.45, 2.75) is 13.1 Å². The Hall–Kier alpha value is -3.78. The molecule has 0 fully saturated rings.